The zero-order valence-electron chi connectivity index (χ0n) is 10.4. The number of carbonyl (C=O) groups excluding carboxylic acids is 2. The Morgan fingerprint density at radius 1 is 1.41 bits per heavy atom. The molecule has 0 spiro atoms. The minimum absolute atomic E-state index is 0.0474. The first-order valence-corrected chi connectivity index (χ1v) is 6.36. The van der Waals surface area contributed by atoms with Gasteiger partial charge in [0.1, 0.15) is 11.4 Å². The van der Waals surface area contributed by atoms with Crippen LogP contribution < -0.4 is 0 Å². The topological polar surface area (TPSA) is 54.4 Å². The van der Waals surface area contributed by atoms with Gasteiger partial charge in [0.25, 0.3) is 0 Å². The van der Waals surface area contributed by atoms with E-state index in [4.69, 9.17) is 0 Å². The maximum atomic E-state index is 12.2. The number of ketones is 2. The highest BCUT2D eigenvalue weighted by molar-refractivity contribution is 5.99. The Morgan fingerprint density at radius 3 is 2.76 bits per heavy atom. The zero-order chi connectivity index (χ0) is 12.7. The van der Waals surface area contributed by atoms with Crippen molar-refractivity contribution in [1.29, 1.82) is 0 Å². The first-order valence-electron chi connectivity index (χ1n) is 6.36. The summed E-state index contributed by atoms with van der Waals surface area (Å²) >= 11 is 0. The number of carbonyl (C=O) groups is 2. The van der Waals surface area contributed by atoms with Crippen LogP contribution in [-0.2, 0) is 9.59 Å². The minimum Gasteiger partial charge on any atom is -0.381 e. The Balaban J connectivity index is 2.46. The van der Waals surface area contributed by atoms with Gasteiger partial charge in [-0.1, -0.05) is 6.08 Å². The standard InChI is InChI=1S/C14H20O3/c1-3-5-10-7-8-12(16)14(17)9-4-6-11(15)13(10,14)2/h3,10,17H,1,4-9H2,2H3/t10?,13-,14+/m1/s1. The molecule has 0 saturated heterocycles. The summed E-state index contributed by atoms with van der Waals surface area (Å²) in [5.41, 5.74) is -2.32. The maximum absolute atomic E-state index is 12.2. The first-order chi connectivity index (χ1) is 7.96. The maximum Gasteiger partial charge on any atom is 0.165 e. The third-order valence-electron chi connectivity index (χ3n) is 4.83. The summed E-state index contributed by atoms with van der Waals surface area (Å²) in [6.07, 6.45) is 5.10. The van der Waals surface area contributed by atoms with Crippen LogP contribution in [0.4, 0.5) is 0 Å². The zero-order valence-corrected chi connectivity index (χ0v) is 10.4. The van der Waals surface area contributed by atoms with Crippen LogP contribution in [0.1, 0.15) is 45.4 Å². The van der Waals surface area contributed by atoms with Gasteiger partial charge in [-0.25, -0.2) is 0 Å². The molecule has 1 N–H and O–H groups in total. The molecule has 2 aliphatic carbocycles. The van der Waals surface area contributed by atoms with Crippen LogP contribution in [0.25, 0.3) is 0 Å². The number of hydrogen-bond acceptors (Lipinski definition) is 3. The van der Waals surface area contributed by atoms with Crippen LogP contribution in [0.3, 0.4) is 0 Å². The van der Waals surface area contributed by atoms with Gasteiger partial charge in [0.2, 0.25) is 0 Å². The summed E-state index contributed by atoms with van der Waals surface area (Å²) in [4.78, 5) is 24.3. The number of Topliss-reactive ketones (excluding diaryl/α,β-unsaturated/α-hetero) is 2. The quantitative estimate of drug-likeness (QED) is 0.746. The molecule has 3 atom stereocenters. The highest BCUT2D eigenvalue weighted by atomic mass is 16.3. The number of fused-ring (bicyclic) bond motifs is 1. The molecule has 0 bridgehead atoms. The van der Waals surface area contributed by atoms with Gasteiger partial charge in [0.05, 0.1) is 5.41 Å². The van der Waals surface area contributed by atoms with E-state index in [1.165, 1.54) is 0 Å². The van der Waals surface area contributed by atoms with Gasteiger partial charge in [0, 0.05) is 12.8 Å². The second-order valence-corrected chi connectivity index (χ2v) is 5.52. The van der Waals surface area contributed by atoms with Gasteiger partial charge in [-0.05, 0) is 38.5 Å². The Kier molecular flexibility index (Phi) is 2.98. The van der Waals surface area contributed by atoms with Gasteiger partial charge < -0.3 is 5.11 Å². The summed E-state index contributed by atoms with van der Waals surface area (Å²) in [6.45, 7) is 5.49. The molecule has 94 valence electrons. The van der Waals surface area contributed by atoms with Crippen molar-refractivity contribution in [1.82, 2.24) is 0 Å². The molecule has 17 heavy (non-hydrogen) atoms. The second-order valence-electron chi connectivity index (χ2n) is 5.52. The van der Waals surface area contributed by atoms with E-state index in [0.717, 1.165) is 0 Å². The molecule has 0 aliphatic heterocycles. The second kappa shape index (κ2) is 4.05. The molecule has 2 fully saturated rings. The smallest absolute Gasteiger partial charge is 0.165 e. The highest BCUT2D eigenvalue weighted by Gasteiger charge is 2.62. The molecular weight excluding hydrogens is 216 g/mol. The SMILES string of the molecule is C=CCC1CCC(=O)[C@@]2(O)CCCC(=O)[C@@]12C. The Bertz CT molecular complexity index is 374. The summed E-state index contributed by atoms with van der Waals surface area (Å²) in [5.74, 6) is -0.0463. The van der Waals surface area contributed by atoms with Crippen molar-refractivity contribution in [2.45, 2.75) is 51.0 Å². The molecule has 3 heteroatoms. The molecule has 2 aliphatic rings. The molecule has 0 aromatic carbocycles. The fourth-order valence-corrected chi connectivity index (χ4v) is 3.60. The van der Waals surface area contributed by atoms with Crippen LogP contribution in [0, 0.1) is 11.3 Å². The predicted octanol–water partition coefficient (Wildman–Crippen LogP) is 2.03. The van der Waals surface area contributed by atoms with E-state index in [1.54, 1.807) is 13.0 Å². The van der Waals surface area contributed by atoms with E-state index >= 15 is 0 Å². The molecule has 1 unspecified atom stereocenters. The van der Waals surface area contributed by atoms with Crippen molar-refractivity contribution in [2.75, 3.05) is 0 Å². The number of aliphatic hydroxyl groups is 1. The van der Waals surface area contributed by atoms with E-state index in [0.29, 0.717) is 38.5 Å². The number of rotatable bonds is 2. The van der Waals surface area contributed by atoms with Gasteiger partial charge >= 0.3 is 0 Å². The fraction of sp³-hybridized carbons (Fsp3) is 0.714. The minimum atomic E-state index is -1.42. The summed E-state index contributed by atoms with van der Waals surface area (Å²) in [7, 11) is 0. The molecule has 0 radical (unpaired) electrons. The van der Waals surface area contributed by atoms with Crippen molar-refractivity contribution in [2.24, 2.45) is 11.3 Å². The van der Waals surface area contributed by atoms with E-state index < -0.39 is 11.0 Å². The lowest BCUT2D eigenvalue weighted by Gasteiger charge is -2.53. The van der Waals surface area contributed by atoms with Gasteiger partial charge in [0.15, 0.2) is 5.78 Å². The Morgan fingerprint density at radius 2 is 2.12 bits per heavy atom. The van der Waals surface area contributed by atoms with Crippen LogP contribution in [0.5, 0.6) is 0 Å². The molecule has 2 saturated carbocycles. The number of allylic oxidation sites excluding steroid dienone is 1. The van der Waals surface area contributed by atoms with E-state index in [2.05, 4.69) is 6.58 Å². The molecule has 2 rings (SSSR count). The van der Waals surface area contributed by atoms with Crippen LogP contribution >= 0.6 is 0 Å². The third kappa shape index (κ3) is 1.52. The monoisotopic (exact) mass is 236 g/mol. The van der Waals surface area contributed by atoms with E-state index in [1.807, 2.05) is 0 Å². The van der Waals surface area contributed by atoms with E-state index in [-0.39, 0.29) is 17.5 Å². The Hall–Kier alpha value is -0.960. The molecule has 3 nitrogen and oxygen atoms in total. The molecule has 0 heterocycles. The van der Waals surface area contributed by atoms with E-state index in [9.17, 15) is 14.7 Å². The molecule has 0 aromatic heterocycles. The van der Waals surface area contributed by atoms with Gasteiger partial charge in [-0.15, -0.1) is 6.58 Å². The van der Waals surface area contributed by atoms with Gasteiger partial charge in [-0.3, -0.25) is 9.59 Å². The lowest BCUT2D eigenvalue weighted by Crippen LogP contribution is -2.64. The van der Waals surface area contributed by atoms with Crippen LogP contribution in [-0.4, -0.2) is 22.3 Å². The van der Waals surface area contributed by atoms with Crippen molar-refractivity contribution in [3.63, 3.8) is 0 Å². The third-order valence-corrected chi connectivity index (χ3v) is 4.83. The summed E-state index contributed by atoms with van der Waals surface area (Å²) in [5, 5.41) is 10.7. The lowest BCUT2D eigenvalue weighted by atomic mass is 9.51. The largest absolute Gasteiger partial charge is 0.381 e. The van der Waals surface area contributed by atoms with Crippen molar-refractivity contribution >= 4 is 11.6 Å². The highest BCUT2D eigenvalue weighted by Crippen LogP contribution is 2.53. The van der Waals surface area contributed by atoms with Crippen molar-refractivity contribution in [3.8, 4) is 0 Å². The summed E-state index contributed by atoms with van der Waals surface area (Å²) in [6, 6.07) is 0. The predicted molar refractivity (Wildman–Crippen MR) is 64.5 cm³/mol. The fourth-order valence-electron chi connectivity index (χ4n) is 3.60. The van der Waals surface area contributed by atoms with Crippen molar-refractivity contribution in [3.05, 3.63) is 12.7 Å². The van der Waals surface area contributed by atoms with Gasteiger partial charge in [-0.2, -0.15) is 0 Å². The average molecular weight is 236 g/mol. The average Bonchev–Trinajstić information content (AvgIpc) is 2.29. The summed E-state index contributed by atoms with van der Waals surface area (Å²) < 4.78 is 0. The van der Waals surface area contributed by atoms with Crippen LogP contribution in [0.2, 0.25) is 0 Å². The lowest BCUT2D eigenvalue weighted by molar-refractivity contribution is -0.184. The first kappa shape index (κ1) is 12.5. The van der Waals surface area contributed by atoms with Crippen molar-refractivity contribution < 1.29 is 14.7 Å². The molecule has 0 aromatic rings. The Labute approximate surface area is 102 Å². The normalized spacial score (nSPS) is 42.1. The number of hydrogen-bond donors (Lipinski definition) is 1. The molecular formula is C14H20O3. The molecule has 0 amide bonds. The van der Waals surface area contributed by atoms with Crippen LogP contribution in [0.15, 0.2) is 12.7 Å².